The molecule has 0 aliphatic heterocycles. The van der Waals surface area contributed by atoms with Crippen LogP contribution in [-0.2, 0) is 21.9 Å². The average molecular weight is 356 g/mol. The molecule has 2 amide bonds. The molecule has 0 aliphatic carbocycles. The number of thioether (sulfide) groups is 1. The summed E-state index contributed by atoms with van der Waals surface area (Å²) in [6.07, 6.45) is 0.182. The van der Waals surface area contributed by atoms with Gasteiger partial charge >= 0.3 is 0 Å². The molecule has 2 aromatic rings. The van der Waals surface area contributed by atoms with E-state index in [1.165, 1.54) is 11.1 Å². The highest BCUT2D eigenvalue weighted by atomic mass is 32.2. The second-order valence-corrected chi connectivity index (χ2v) is 6.98. The number of rotatable bonds is 9. The first-order valence-electron chi connectivity index (χ1n) is 8.28. The Bertz CT molecular complexity index is 687. The third-order valence-electron chi connectivity index (χ3n) is 3.81. The summed E-state index contributed by atoms with van der Waals surface area (Å²) < 4.78 is 0. The molecule has 2 aromatic carbocycles. The summed E-state index contributed by atoms with van der Waals surface area (Å²) in [5.41, 5.74) is 8.72. The van der Waals surface area contributed by atoms with Crippen LogP contribution in [0.1, 0.15) is 23.1 Å². The molecule has 0 atom stereocenters. The second-order valence-electron chi connectivity index (χ2n) is 6.00. The second kappa shape index (κ2) is 9.89. The van der Waals surface area contributed by atoms with Crippen molar-refractivity contribution in [1.29, 1.82) is 0 Å². The van der Waals surface area contributed by atoms with Crippen LogP contribution in [0.2, 0.25) is 0 Å². The molecule has 0 heterocycles. The minimum atomic E-state index is -0.391. The van der Waals surface area contributed by atoms with Crippen LogP contribution in [0, 0.1) is 6.92 Å². The van der Waals surface area contributed by atoms with Crippen LogP contribution in [0.5, 0.6) is 0 Å². The standard InChI is InChI=1S/C20H24N2O2S/c1-16-7-9-18(10-8-16)14-25-15-20(24)22(12-11-19(21)23)13-17-5-3-2-4-6-17/h2-10H,11-15H2,1H3,(H2,21,23). The van der Waals surface area contributed by atoms with Gasteiger partial charge in [0.15, 0.2) is 0 Å². The smallest absolute Gasteiger partial charge is 0.232 e. The molecule has 0 saturated carbocycles. The molecule has 0 spiro atoms. The Labute approximate surface area is 153 Å². The topological polar surface area (TPSA) is 63.4 Å². The number of hydrogen-bond donors (Lipinski definition) is 1. The van der Waals surface area contributed by atoms with Crippen molar-refractivity contribution in [3.05, 3.63) is 71.3 Å². The molecule has 0 fully saturated rings. The molecule has 0 aliphatic rings. The summed E-state index contributed by atoms with van der Waals surface area (Å²) in [6, 6.07) is 18.1. The molecule has 0 unspecified atom stereocenters. The molecule has 2 rings (SSSR count). The molecule has 5 heteroatoms. The fourth-order valence-electron chi connectivity index (χ4n) is 2.37. The van der Waals surface area contributed by atoms with Gasteiger partial charge < -0.3 is 10.6 Å². The summed E-state index contributed by atoms with van der Waals surface area (Å²) in [7, 11) is 0. The summed E-state index contributed by atoms with van der Waals surface area (Å²) in [4.78, 5) is 25.4. The number of nitrogens with zero attached hydrogens (tertiary/aromatic N) is 1. The minimum Gasteiger partial charge on any atom is -0.370 e. The molecule has 0 radical (unpaired) electrons. The fraction of sp³-hybridized carbons (Fsp3) is 0.300. The third kappa shape index (κ3) is 7.01. The number of carbonyl (C=O) groups is 2. The van der Waals surface area contributed by atoms with Gasteiger partial charge in [-0.25, -0.2) is 0 Å². The highest BCUT2D eigenvalue weighted by Gasteiger charge is 2.15. The van der Waals surface area contributed by atoms with Gasteiger partial charge in [0.1, 0.15) is 0 Å². The minimum absolute atomic E-state index is 0.0298. The fourth-order valence-corrected chi connectivity index (χ4v) is 3.26. The van der Waals surface area contributed by atoms with Crippen LogP contribution in [0.3, 0.4) is 0 Å². The lowest BCUT2D eigenvalue weighted by atomic mass is 10.2. The molecule has 4 nitrogen and oxygen atoms in total. The van der Waals surface area contributed by atoms with Gasteiger partial charge in [-0.3, -0.25) is 9.59 Å². The number of primary amides is 1. The Morgan fingerprint density at radius 3 is 2.32 bits per heavy atom. The van der Waals surface area contributed by atoms with Gasteiger partial charge in [-0.1, -0.05) is 60.2 Å². The number of aryl methyl sites for hydroxylation is 1. The number of carbonyl (C=O) groups excluding carboxylic acids is 2. The maximum atomic E-state index is 12.6. The molecule has 132 valence electrons. The van der Waals surface area contributed by atoms with Gasteiger partial charge in [0.05, 0.1) is 5.75 Å². The molecule has 0 aromatic heterocycles. The summed E-state index contributed by atoms with van der Waals surface area (Å²) >= 11 is 1.59. The van der Waals surface area contributed by atoms with E-state index in [9.17, 15) is 9.59 Å². The van der Waals surface area contributed by atoms with Crippen LogP contribution < -0.4 is 5.73 Å². The Morgan fingerprint density at radius 2 is 1.68 bits per heavy atom. The zero-order valence-electron chi connectivity index (χ0n) is 14.5. The highest BCUT2D eigenvalue weighted by Crippen LogP contribution is 2.15. The molecule has 25 heavy (non-hydrogen) atoms. The quantitative estimate of drug-likeness (QED) is 0.751. The Balaban J connectivity index is 1.89. The van der Waals surface area contributed by atoms with Crippen LogP contribution in [0.4, 0.5) is 0 Å². The molecular formula is C20H24N2O2S. The zero-order chi connectivity index (χ0) is 18.1. The maximum absolute atomic E-state index is 12.6. The van der Waals surface area contributed by atoms with E-state index in [1.54, 1.807) is 16.7 Å². The predicted octanol–water partition coefficient (Wildman–Crippen LogP) is 3.13. The maximum Gasteiger partial charge on any atom is 0.232 e. The Hall–Kier alpha value is -2.27. The molecule has 2 N–H and O–H groups in total. The van der Waals surface area contributed by atoms with Crippen molar-refractivity contribution >= 4 is 23.6 Å². The van der Waals surface area contributed by atoms with Crippen LogP contribution in [-0.4, -0.2) is 29.0 Å². The van der Waals surface area contributed by atoms with Crippen molar-refractivity contribution in [3.8, 4) is 0 Å². The van der Waals surface area contributed by atoms with E-state index in [2.05, 4.69) is 31.2 Å². The van der Waals surface area contributed by atoms with Crippen LogP contribution >= 0.6 is 11.8 Å². The largest absolute Gasteiger partial charge is 0.370 e. The average Bonchev–Trinajstić information content (AvgIpc) is 2.61. The number of hydrogen-bond acceptors (Lipinski definition) is 3. The first-order chi connectivity index (χ1) is 12.0. The van der Waals surface area contributed by atoms with Gasteiger partial charge in [0.25, 0.3) is 0 Å². The van der Waals surface area contributed by atoms with E-state index in [1.807, 2.05) is 30.3 Å². The lowest BCUT2D eigenvalue weighted by molar-refractivity contribution is -0.129. The summed E-state index contributed by atoms with van der Waals surface area (Å²) in [6.45, 7) is 2.91. The number of nitrogens with two attached hydrogens (primary N) is 1. The van der Waals surface area contributed by atoms with E-state index >= 15 is 0 Å². The Kier molecular flexibility index (Phi) is 7.54. The van der Waals surface area contributed by atoms with Crippen molar-refractivity contribution < 1.29 is 9.59 Å². The van der Waals surface area contributed by atoms with Gasteiger partial charge in [0, 0.05) is 25.3 Å². The van der Waals surface area contributed by atoms with Crippen LogP contribution in [0.25, 0.3) is 0 Å². The number of amides is 2. The zero-order valence-corrected chi connectivity index (χ0v) is 15.3. The highest BCUT2D eigenvalue weighted by molar-refractivity contribution is 7.99. The van der Waals surface area contributed by atoms with E-state index in [-0.39, 0.29) is 12.3 Å². The van der Waals surface area contributed by atoms with E-state index < -0.39 is 5.91 Å². The molecular weight excluding hydrogens is 332 g/mol. The van der Waals surface area contributed by atoms with Crippen molar-refractivity contribution in [1.82, 2.24) is 4.90 Å². The molecule has 0 bridgehead atoms. The van der Waals surface area contributed by atoms with E-state index in [4.69, 9.17) is 5.73 Å². The first kappa shape index (κ1) is 19.1. The molecule has 0 saturated heterocycles. The third-order valence-corrected chi connectivity index (χ3v) is 4.80. The first-order valence-corrected chi connectivity index (χ1v) is 9.43. The van der Waals surface area contributed by atoms with Gasteiger partial charge in [-0.15, -0.1) is 11.8 Å². The van der Waals surface area contributed by atoms with Crippen molar-refractivity contribution in [2.45, 2.75) is 25.6 Å². The summed E-state index contributed by atoms with van der Waals surface area (Å²) in [5.74, 6) is 0.820. The monoisotopic (exact) mass is 356 g/mol. The lowest BCUT2D eigenvalue weighted by Crippen LogP contribution is -2.34. The van der Waals surface area contributed by atoms with Crippen molar-refractivity contribution in [3.63, 3.8) is 0 Å². The van der Waals surface area contributed by atoms with Gasteiger partial charge in [-0.05, 0) is 18.1 Å². The SMILES string of the molecule is Cc1ccc(CSCC(=O)N(CCC(N)=O)Cc2ccccc2)cc1. The van der Waals surface area contributed by atoms with E-state index in [0.717, 1.165) is 11.3 Å². The van der Waals surface area contributed by atoms with Crippen molar-refractivity contribution in [2.75, 3.05) is 12.3 Å². The number of benzene rings is 2. The lowest BCUT2D eigenvalue weighted by Gasteiger charge is -2.22. The Morgan fingerprint density at radius 1 is 1.00 bits per heavy atom. The van der Waals surface area contributed by atoms with Crippen molar-refractivity contribution in [2.24, 2.45) is 5.73 Å². The van der Waals surface area contributed by atoms with Gasteiger partial charge in [0.2, 0.25) is 11.8 Å². The predicted molar refractivity (Wildman–Crippen MR) is 103 cm³/mol. The van der Waals surface area contributed by atoms with E-state index in [0.29, 0.717) is 18.8 Å². The summed E-state index contributed by atoms with van der Waals surface area (Å²) in [5, 5.41) is 0. The van der Waals surface area contributed by atoms with Gasteiger partial charge in [-0.2, -0.15) is 0 Å². The normalized spacial score (nSPS) is 10.4. The van der Waals surface area contributed by atoms with Crippen LogP contribution in [0.15, 0.2) is 54.6 Å².